The number of rotatable bonds is 6. The highest BCUT2D eigenvalue weighted by Gasteiger charge is 2.19. The molecule has 2 rings (SSSR count). The van der Waals surface area contributed by atoms with Crippen LogP contribution in [0.25, 0.3) is 0 Å². The number of hydrogen-bond acceptors (Lipinski definition) is 4. The molecule has 4 nitrogen and oxygen atoms in total. The van der Waals surface area contributed by atoms with Gasteiger partial charge in [-0.1, -0.05) is 11.6 Å². The number of likely N-dealkylation sites (N-methyl/N-ethyl adjacent to an activating group) is 1. The van der Waals surface area contributed by atoms with E-state index in [0.717, 1.165) is 5.56 Å². The van der Waals surface area contributed by atoms with E-state index in [1.54, 1.807) is 23.5 Å². The zero-order chi connectivity index (χ0) is 15.5. The largest absolute Gasteiger partial charge is 0.301 e. The van der Waals surface area contributed by atoms with Crippen molar-refractivity contribution in [3.05, 3.63) is 51.7 Å². The molecule has 0 saturated carbocycles. The number of nitrogens with one attached hydrogen (secondary N) is 1. The minimum atomic E-state index is -3.53. The van der Waals surface area contributed by atoms with Gasteiger partial charge in [0.05, 0.1) is 4.90 Å². The van der Waals surface area contributed by atoms with Gasteiger partial charge in [-0.15, -0.1) is 0 Å². The third-order valence-electron chi connectivity index (χ3n) is 3.14. The van der Waals surface area contributed by atoms with Gasteiger partial charge in [-0.3, -0.25) is 0 Å². The zero-order valence-electron chi connectivity index (χ0n) is 11.8. The van der Waals surface area contributed by atoms with Gasteiger partial charge in [0, 0.05) is 17.6 Å². The van der Waals surface area contributed by atoms with Crippen molar-refractivity contribution < 1.29 is 8.42 Å². The molecule has 7 heteroatoms. The molecular formula is C14H17ClN2O2S2. The Bertz CT molecular complexity index is 668. The van der Waals surface area contributed by atoms with Gasteiger partial charge in [0.15, 0.2) is 0 Å². The SMILES string of the molecule is CN(C)[C@H](CNS(=O)(=O)c1ccc(Cl)cc1)c1ccsc1. The van der Waals surface area contributed by atoms with Crippen LogP contribution < -0.4 is 4.72 Å². The van der Waals surface area contributed by atoms with Crippen LogP contribution in [0.15, 0.2) is 46.0 Å². The van der Waals surface area contributed by atoms with Crippen LogP contribution in [-0.2, 0) is 10.0 Å². The monoisotopic (exact) mass is 344 g/mol. The van der Waals surface area contributed by atoms with Crippen LogP contribution >= 0.6 is 22.9 Å². The maximum atomic E-state index is 12.3. The second-order valence-corrected chi connectivity index (χ2v) is 7.83. The van der Waals surface area contributed by atoms with E-state index >= 15 is 0 Å². The Morgan fingerprint density at radius 2 is 1.90 bits per heavy atom. The number of sulfonamides is 1. The summed E-state index contributed by atoms with van der Waals surface area (Å²) in [6.07, 6.45) is 0. The quantitative estimate of drug-likeness (QED) is 0.876. The second-order valence-electron chi connectivity index (χ2n) is 4.84. The summed E-state index contributed by atoms with van der Waals surface area (Å²) in [5.41, 5.74) is 1.10. The van der Waals surface area contributed by atoms with Gasteiger partial charge in [-0.25, -0.2) is 13.1 Å². The van der Waals surface area contributed by atoms with E-state index < -0.39 is 10.0 Å². The van der Waals surface area contributed by atoms with E-state index in [-0.39, 0.29) is 10.9 Å². The van der Waals surface area contributed by atoms with Crippen molar-refractivity contribution in [1.82, 2.24) is 9.62 Å². The highest BCUT2D eigenvalue weighted by molar-refractivity contribution is 7.89. The molecule has 0 aliphatic heterocycles. The Hall–Kier alpha value is -0.920. The first-order chi connectivity index (χ1) is 9.90. The number of thiophene rings is 1. The summed E-state index contributed by atoms with van der Waals surface area (Å²) in [7, 11) is 0.330. The van der Waals surface area contributed by atoms with Crippen LogP contribution in [0.3, 0.4) is 0 Å². The van der Waals surface area contributed by atoms with Crippen LogP contribution in [-0.4, -0.2) is 34.0 Å². The molecule has 1 aromatic heterocycles. The summed E-state index contributed by atoms with van der Waals surface area (Å²) in [6, 6.07) is 8.14. The summed E-state index contributed by atoms with van der Waals surface area (Å²) in [5, 5.41) is 4.53. The van der Waals surface area contributed by atoms with Crippen LogP contribution in [0, 0.1) is 0 Å². The van der Waals surface area contributed by atoms with Crippen molar-refractivity contribution in [2.45, 2.75) is 10.9 Å². The lowest BCUT2D eigenvalue weighted by Crippen LogP contribution is -2.34. The third-order valence-corrected chi connectivity index (χ3v) is 5.53. The van der Waals surface area contributed by atoms with Gasteiger partial charge in [-0.05, 0) is 60.8 Å². The average molecular weight is 345 g/mol. The molecule has 0 radical (unpaired) electrons. The third kappa shape index (κ3) is 4.28. The van der Waals surface area contributed by atoms with E-state index in [1.165, 1.54) is 12.1 Å². The van der Waals surface area contributed by atoms with Crippen LogP contribution in [0.4, 0.5) is 0 Å². The molecular weight excluding hydrogens is 328 g/mol. The van der Waals surface area contributed by atoms with Crippen molar-refractivity contribution >= 4 is 33.0 Å². The van der Waals surface area contributed by atoms with Crippen LogP contribution in [0.2, 0.25) is 5.02 Å². The Balaban J connectivity index is 2.11. The highest BCUT2D eigenvalue weighted by Crippen LogP contribution is 2.21. The predicted octanol–water partition coefficient (Wildman–Crippen LogP) is 2.98. The number of nitrogens with zero attached hydrogens (tertiary/aromatic N) is 1. The van der Waals surface area contributed by atoms with Crippen LogP contribution in [0.5, 0.6) is 0 Å². The maximum Gasteiger partial charge on any atom is 0.240 e. The standard InChI is InChI=1S/C14H17ClN2O2S2/c1-17(2)14(11-7-8-20-10-11)9-16-21(18,19)13-5-3-12(15)4-6-13/h3-8,10,14,16H,9H2,1-2H3/t14-/m1/s1. The number of halogens is 1. The Kier molecular flexibility index (Phi) is 5.40. The molecule has 2 aromatic rings. The van der Waals surface area contributed by atoms with Gasteiger partial charge >= 0.3 is 0 Å². The first kappa shape index (κ1) is 16.5. The first-order valence-electron chi connectivity index (χ1n) is 6.34. The average Bonchev–Trinajstić information content (AvgIpc) is 2.93. The second kappa shape index (κ2) is 6.89. The molecule has 0 aliphatic rings. The van der Waals surface area contributed by atoms with Gasteiger partial charge in [0.25, 0.3) is 0 Å². The van der Waals surface area contributed by atoms with Crippen molar-refractivity contribution in [2.24, 2.45) is 0 Å². The lowest BCUT2D eigenvalue weighted by atomic mass is 10.1. The molecule has 0 spiro atoms. The first-order valence-corrected chi connectivity index (χ1v) is 9.14. The van der Waals surface area contributed by atoms with E-state index in [4.69, 9.17) is 11.6 Å². The fourth-order valence-corrected chi connectivity index (χ4v) is 3.82. The minimum Gasteiger partial charge on any atom is -0.301 e. The predicted molar refractivity (Wildman–Crippen MR) is 87.4 cm³/mol. The molecule has 1 atom stereocenters. The van der Waals surface area contributed by atoms with E-state index in [9.17, 15) is 8.42 Å². The summed E-state index contributed by atoms with van der Waals surface area (Å²) >= 11 is 7.38. The highest BCUT2D eigenvalue weighted by atomic mass is 35.5. The molecule has 0 amide bonds. The van der Waals surface area contributed by atoms with Crippen molar-refractivity contribution in [2.75, 3.05) is 20.6 Å². The summed E-state index contributed by atoms with van der Waals surface area (Å²) < 4.78 is 27.2. The number of hydrogen-bond donors (Lipinski definition) is 1. The Morgan fingerprint density at radius 3 is 2.43 bits per heavy atom. The molecule has 0 bridgehead atoms. The van der Waals surface area contributed by atoms with E-state index in [2.05, 4.69) is 4.72 Å². The van der Waals surface area contributed by atoms with Crippen LogP contribution in [0.1, 0.15) is 11.6 Å². The molecule has 21 heavy (non-hydrogen) atoms. The van der Waals surface area contributed by atoms with Crippen molar-refractivity contribution in [1.29, 1.82) is 0 Å². The maximum absolute atomic E-state index is 12.3. The molecule has 1 heterocycles. The van der Waals surface area contributed by atoms with Crippen molar-refractivity contribution in [3.63, 3.8) is 0 Å². The zero-order valence-corrected chi connectivity index (χ0v) is 14.2. The molecule has 0 aliphatic carbocycles. The Labute approximate surface area is 134 Å². The normalized spacial score (nSPS) is 13.5. The van der Waals surface area contributed by atoms with Gasteiger partial charge in [0.2, 0.25) is 10.0 Å². The minimum absolute atomic E-state index is 0.00155. The summed E-state index contributed by atoms with van der Waals surface area (Å²) in [5.74, 6) is 0. The fraction of sp³-hybridized carbons (Fsp3) is 0.286. The molecule has 0 fully saturated rings. The topological polar surface area (TPSA) is 49.4 Å². The lowest BCUT2D eigenvalue weighted by Gasteiger charge is -2.24. The van der Waals surface area contributed by atoms with Gasteiger partial charge < -0.3 is 4.90 Å². The Morgan fingerprint density at radius 1 is 1.24 bits per heavy atom. The summed E-state index contributed by atoms with van der Waals surface area (Å²) in [6.45, 7) is 0.314. The van der Waals surface area contributed by atoms with Gasteiger partial charge in [-0.2, -0.15) is 11.3 Å². The fourth-order valence-electron chi connectivity index (χ4n) is 1.95. The lowest BCUT2D eigenvalue weighted by molar-refractivity contribution is 0.300. The smallest absolute Gasteiger partial charge is 0.240 e. The van der Waals surface area contributed by atoms with Gasteiger partial charge in [0.1, 0.15) is 0 Å². The molecule has 114 valence electrons. The van der Waals surface area contributed by atoms with E-state index in [1.807, 2.05) is 35.8 Å². The summed E-state index contributed by atoms with van der Waals surface area (Å²) in [4.78, 5) is 2.21. The molecule has 1 N–H and O–H groups in total. The van der Waals surface area contributed by atoms with E-state index in [0.29, 0.717) is 11.6 Å². The molecule has 0 saturated heterocycles. The number of benzene rings is 1. The molecule has 0 unspecified atom stereocenters. The molecule has 1 aromatic carbocycles. The van der Waals surface area contributed by atoms with Crippen molar-refractivity contribution in [3.8, 4) is 0 Å².